The number of thioether (sulfide) groups is 1. The molecule has 0 aromatic rings. The van der Waals surface area contributed by atoms with Gasteiger partial charge in [0.05, 0.1) is 12.0 Å². The molecule has 0 amide bonds. The summed E-state index contributed by atoms with van der Waals surface area (Å²) in [4.78, 5) is 16.3. The number of ketones is 1. The standard InChI is InChI=1S/C10H8FNOS/c11-5-1-2-10-12-8-4-3-7(13)6-9(8)14-10/h1,3-6,10H,2H2. The normalized spacial score (nSPS) is 25.2. The Kier molecular flexibility index (Phi) is 2.63. The first-order valence-electron chi connectivity index (χ1n) is 4.23. The molecule has 0 aromatic heterocycles. The number of hydrogen-bond acceptors (Lipinski definition) is 3. The van der Waals surface area contributed by atoms with Crippen LogP contribution < -0.4 is 0 Å². The van der Waals surface area contributed by atoms with Crippen molar-refractivity contribution in [2.45, 2.75) is 11.8 Å². The highest BCUT2D eigenvalue weighted by Gasteiger charge is 2.23. The van der Waals surface area contributed by atoms with E-state index < -0.39 is 0 Å². The van der Waals surface area contributed by atoms with Crippen molar-refractivity contribution in [3.05, 3.63) is 35.5 Å². The van der Waals surface area contributed by atoms with Gasteiger partial charge in [0, 0.05) is 11.0 Å². The van der Waals surface area contributed by atoms with E-state index in [2.05, 4.69) is 4.99 Å². The van der Waals surface area contributed by atoms with Crippen LogP contribution in [0.2, 0.25) is 0 Å². The summed E-state index contributed by atoms with van der Waals surface area (Å²) in [5, 5.41) is 0.0128. The highest BCUT2D eigenvalue weighted by Crippen LogP contribution is 2.35. The molecule has 1 unspecified atom stereocenters. The smallest absolute Gasteiger partial charge is 0.179 e. The summed E-state index contributed by atoms with van der Waals surface area (Å²) in [6, 6.07) is 0. The molecule has 2 nitrogen and oxygen atoms in total. The Hall–Kier alpha value is -1.16. The first-order valence-corrected chi connectivity index (χ1v) is 5.11. The molecule has 0 aromatic carbocycles. The molecule has 0 saturated carbocycles. The van der Waals surface area contributed by atoms with Gasteiger partial charge in [-0.2, -0.15) is 0 Å². The highest BCUT2D eigenvalue weighted by molar-refractivity contribution is 8.05. The van der Waals surface area contributed by atoms with Gasteiger partial charge in [-0.15, -0.1) is 0 Å². The summed E-state index contributed by atoms with van der Waals surface area (Å²) in [7, 11) is 0. The fourth-order valence-corrected chi connectivity index (χ4v) is 2.38. The third-order valence-electron chi connectivity index (χ3n) is 1.90. The molecule has 2 aliphatic rings. The average Bonchev–Trinajstić information content (AvgIpc) is 2.56. The van der Waals surface area contributed by atoms with Gasteiger partial charge in [-0.25, -0.2) is 4.39 Å². The largest absolute Gasteiger partial charge is 0.290 e. The molecular formula is C10H8FNOS. The maximum atomic E-state index is 11.8. The van der Waals surface area contributed by atoms with Gasteiger partial charge in [0.15, 0.2) is 5.78 Å². The molecule has 2 rings (SSSR count). The van der Waals surface area contributed by atoms with Crippen molar-refractivity contribution in [3.8, 4) is 0 Å². The number of hydrogen-bond donors (Lipinski definition) is 0. The molecule has 1 heterocycles. The fraction of sp³-hybridized carbons (Fsp3) is 0.200. The molecule has 0 bridgehead atoms. The zero-order valence-electron chi connectivity index (χ0n) is 7.31. The van der Waals surface area contributed by atoms with Crippen molar-refractivity contribution >= 4 is 23.3 Å². The number of nitrogens with zero attached hydrogens (tertiary/aromatic N) is 1. The minimum atomic E-state index is -0.00636. The van der Waals surface area contributed by atoms with Gasteiger partial charge in [-0.05, 0) is 18.6 Å². The average molecular weight is 209 g/mol. The molecule has 0 radical (unpaired) electrons. The van der Waals surface area contributed by atoms with Gasteiger partial charge >= 0.3 is 0 Å². The lowest BCUT2D eigenvalue weighted by Gasteiger charge is -2.01. The first kappa shape index (κ1) is 9.40. The van der Waals surface area contributed by atoms with Crippen molar-refractivity contribution < 1.29 is 9.18 Å². The minimum absolute atomic E-state index is 0.00636. The number of aliphatic imine (C=N–C) groups is 1. The number of carbonyl (C=O) groups excluding carboxylic acids is 1. The molecule has 1 atom stereocenters. The summed E-state index contributed by atoms with van der Waals surface area (Å²) in [5.41, 5.74) is 0.840. The Morgan fingerprint density at radius 2 is 2.43 bits per heavy atom. The maximum Gasteiger partial charge on any atom is 0.179 e. The van der Waals surface area contributed by atoms with E-state index in [9.17, 15) is 9.18 Å². The topological polar surface area (TPSA) is 29.4 Å². The minimum Gasteiger partial charge on any atom is -0.290 e. The van der Waals surface area contributed by atoms with E-state index in [0.29, 0.717) is 12.8 Å². The molecule has 14 heavy (non-hydrogen) atoms. The Morgan fingerprint density at radius 3 is 3.21 bits per heavy atom. The third-order valence-corrected chi connectivity index (χ3v) is 3.06. The van der Waals surface area contributed by atoms with Crippen LogP contribution >= 0.6 is 11.8 Å². The van der Waals surface area contributed by atoms with Crippen LogP contribution in [-0.4, -0.2) is 16.9 Å². The Balaban J connectivity index is 2.12. The van der Waals surface area contributed by atoms with E-state index in [0.717, 1.165) is 10.6 Å². The van der Waals surface area contributed by atoms with Crippen LogP contribution in [0.25, 0.3) is 0 Å². The van der Waals surface area contributed by atoms with Gasteiger partial charge in [-0.1, -0.05) is 17.8 Å². The summed E-state index contributed by atoms with van der Waals surface area (Å²) in [6.07, 6.45) is 7.30. The molecular weight excluding hydrogens is 201 g/mol. The molecule has 0 saturated heterocycles. The second-order valence-electron chi connectivity index (χ2n) is 2.93. The monoisotopic (exact) mass is 209 g/mol. The zero-order valence-corrected chi connectivity index (χ0v) is 8.13. The van der Waals surface area contributed by atoms with Crippen molar-refractivity contribution in [1.29, 1.82) is 0 Å². The molecule has 1 aliphatic carbocycles. The lowest BCUT2D eigenvalue weighted by Crippen LogP contribution is -2.01. The maximum absolute atomic E-state index is 11.8. The quantitative estimate of drug-likeness (QED) is 0.653. The highest BCUT2D eigenvalue weighted by atomic mass is 32.2. The summed E-state index contributed by atoms with van der Waals surface area (Å²) in [5.74, 6) is -0.00636. The van der Waals surface area contributed by atoms with Crippen LogP contribution in [0.3, 0.4) is 0 Å². The van der Waals surface area contributed by atoms with E-state index in [1.165, 1.54) is 23.9 Å². The number of fused-ring (bicyclic) bond motifs is 1. The van der Waals surface area contributed by atoms with Crippen molar-refractivity contribution in [2.75, 3.05) is 0 Å². The Morgan fingerprint density at radius 1 is 1.57 bits per heavy atom. The van der Waals surface area contributed by atoms with Gasteiger partial charge < -0.3 is 0 Å². The summed E-state index contributed by atoms with van der Waals surface area (Å²) >= 11 is 1.51. The van der Waals surface area contributed by atoms with Crippen molar-refractivity contribution in [3.63, 3.8) is 0 Å². The number of carbonyl (C=O) groups is 1. The molecule has 4 heteroatoms. The van der Waals surface area contributed by atoms with Crippen molar-refractivity contribution in [2.24, 2.45) is 4.99 Å². The van der Waals surface area contributed by atoms with Gasteiger partial charge in [0.2, 0.25) is 0 Å². The lowest BCUT2D eigenvalue weighted by atomic mass is 10.1. The van der Waals surface area contributed by atoms with Crippen molar-refractivity contribution in [1.82, 2.24) is 0 Å². The number of allylic oxidation sites excluding steroid dienone is 4. The van der Waals surface area contributed by atoms with Crippen LogP contribution in [0.1, 0.15) is 6.42 Å². The summed E-state index contributed by atoms with van der Waals surface area (Å²) < 4.78 is 11.8. The second kappa shape index (κ2) is 3.92. The first-order chi connectivity index (χ1) is 6.79. The van der Waals surface area contributed by atoms with Gasteiger partial charge in [-0.3, -0.25) is 9.79 Å². The Labute approximate surface area is 85.3 Å². The number of rotatable bonds is 2. The predicted octanol–water partition coefficient (Wildman–Crippen LogP) is 2.40. The van der Waals surface area contributed by atoms with Crippen LogP contribution in [0, 0.1) is 0 Å². The molecule has 1 aliphatic heterocycles. The van der Waals surface area contributed by atoms with Crippen LogP contribution in [0.15, 0.2) is 40.5 Å². The van der Waals surface area contributed by atoms with E-state index >= 15 is 0 Å². The third kappa shape index (κ3) is 1.85. The number of halogens is 1. The predicted molar refractivity (Wildman–Crippen MR) is 55.9 cm³/mol. The van der Waals surface area contributed by atoms with E-state index in [-0.39, 0.29) is 11.2 Å². The van der Waals surface area contributed by atoms with E-state index in [1.807, 2.05) is 0 Å². The SMILES string of the molecule is O=C1C=CC2=NC(CC=CF)SC2=C1. The molecule has 0 spiro atoms. The van der Waals surface area contributed by atoms with Crippen LogP contribution in [0.5, 0.6) is 0 Å². The Bertz CT molecular complexity index is 382. The van der Waals surface area contributed by atoms with E-state index in [1.54, 1.807) is 12.2 Å². The van der Waals surface area contributed by atoms with Crippen LogP contribution in [-0.2, 0) is 4.79 Å². The van der Waals surface area contributed by atoms with Gasteiger partial charge in [0.1, 0.15) is 5.37 Å². The molecule has 0 N–H and O–H groups in total. The van der Waals surface area contributed by atoms with Gasteiger partial charge in [0.25, 0.3) is 0 Å². The van der Waals surface area contributed by atoms with E-state index in [4.69, 9.17) is 0 Å². The molecule has 72 valence electrons. The summed E-state index contributed by atoms with van der Waals surface area (Å²) in [6.45, 7) is 0. The lowest BCUT2D eigenvalue weighted by molar-refractivity contribution is -0.110. The second-order valence-corrected chi connectivity index (χ2v) is 4.15. The molecule has 0 fully saturated rings. The van der Waals surface area contributed by atoms with Crippen LogP contribution in [0.4, 0.5) is 4.39 Å². The fourth-order valence-electron chi connectivity index (χ4n) is 1.29. The zero-order chi connectivity index (χ0) is 9.97.